The molecular formula is C12H8Cl2N2O4. The summed E-state index contributed by atoms with van der Waals surface area (Å²) in [5.41, 5.74) is -1.61. The molecule has 0 saturated heterocycles. The van der Waals surface area contributed by atoms with Gasteiger partial charge in [0.05, 0.1) is 6.08 Å². The summed E-state index contributed by atoms with van der Waals surface area (Å²) in [6, 6.07) is 8.80. The second-order valence-corrected chi connectivity index (χ2v) is 5.55. The highest BCUT2D eigenvalue weighted by Gasteiger charge is 2.70. The highest BCUT2D eigenvalue weighted by atomic mass is 35.5. The van der Waals surface area contributed by atoms with Crippen molar-refractivity contribution >= 4 is 28.8 Å². The van der Waals surface area contributed by atoms with E-state index >= 15 is 0 Å². The molecule has 0 N–H and O–H groups in total. The number of nitrogens with zero attached hydrogens (tertiary/aromatic N) is 2. The minimum absolute atomic E-state index is 0.481. The highest BCUT2D eigenvalue weighted by Crippen LogP contribution is 2.44. The molecule has 0 heterocycles. The molecule has 0 radical (unpaired) electrons. The van der Waals surface area contributed by atoms with Crippen LogP contribution in [0, 0.1) is 20.2 Å². The Morgan fingerprint density at radius 3 is 2.00 bits per heavy atom. The monoisotopic (exact) mass is 314 g/mol. The average molecular weight is 315 g/mol. The van der Waals surface area contributed by atoms with E-state index in [0.717, 1.165) is 12.2 Å². The smallest absolute Gasteiger partial charge is 0.258 e. The Labute approximate surface area is 123 Å². The van der Waals surface area contributed by atoms with Crippen LogP contribution in [0.4, 0.5) is 0 Å². The van der Waals surface area contributed by atoms with E-state index in [1.165, 1.54) is 6.08 Å². The lowest BCUT2D eigenvalue weighted by Crippen LogP contribution is -2.57. The topological polar surface area (TPSA) is 86.3 Å². The third-order valence-corrected chi connectivity index (χ3v) is 3.76. The normalized spacial score (nSPS) is 19.2. The van der Waals surface area contributed by atoms with Gasteiger partial charge < -0.3 is 0 Å². The molecule has 0 unspecified atom stereocenters. The van der Waals surface area contributed by atoms with Crippen LogP contribution in [0.25, 0.3) is 5.57 Å². The van der Waals surface area contributed by atoms with Crippen molar-refractivity contribution in [3.8, 4) is 0 Å². The van der Waals surface area contributed by atoms with Crippen LogP contribution in [-0.2, 0) is 0 Å². The number of benzene rings is 1. The molecule has 1 aromatic carbocycles. The van der Waals surface area contributed by atoms with Crippen molar-refractivity contribution < 1.29 is 9.85 Å². The summed E-state index contributed by atoms with van der Waals surface area (Å²) in [6.07, 6.45) is 3.22. The van der Waals surface area contributed by atoms with Crippen LogP contribution < -0.4 is 0 Å². The lowest BCUT2D eigenvalue weighted by molar-refractivity contribution is -0.781. The van der Waals surface area contributed by atoms with E-state index in [1.807, 2.05) is 0 Å². The maximum absolute atomic E-state index is 11.1. The summed E-state index contributed by atoms with van der Waals surface area (Å²) in [4.78, 5) is 20.0. The van der Waals surface area contributed by atoms with Crippen LogP contribution >= 0.6 is 23.2 Å². The van der Waals surface area contributed by atoms with E-state index in [9.17, 15) is 20.2 Å². The van der Waals surface area contributed by atoms with Crippen molar-refractivity contribution in [2.45, 2.75) is 10.00 Å². The zero-order chi connectivity index (χ0) is 15.0. The van der Waals surface area contributed by atoms with Gasteiger partial charge in [-0.3, -0.25) is 20.2 Å². The summed E-state index contributed by atoms with van der Waals surface area (Å²) in [5, 5.41) is 22.2. The Hall–Kier alpha value is -1.92. The molecule has 1 aromatic rings. The average Bonchev–Trinajstić information content (AvgIpc) is 2.37. The van der Waals surface area contributed by atoms with Gasteiger partial charge in [0.1, 0.15) is 9.85 Å². The molecule has 6 nitrogen and oxygen atoms in total. The summed E-state index contributed by atoms with van der Waals surface area (Å²) in [7, 11) is 0. The maximum Gasteiger partial charge on any atom is 0.513 e. The van der Waals surface area contributed by atoms with Crippen LogP contribution in [-0.4, -0.2) is 19.8 Å². The van der Waals surface area contributed by atoms with Gasteiger partial charge in [-0.05, 0) is 23.3 Å². The van der Waals surface area contributed by atoms with Crippen LogP contribution in [0.1, 0.15) is 5.56 Å². The molecular weight excluding hydrogens is 307 g/mol. The van der Waals surface area contributed by atoms with E-state index in [1.54, 1.807) is 30.3 Å². The number of nitro groups is 2. The van der Waals surface area contributed by atoms with Crippen molar-refractivity contribution in [1.82, 2.24) is 0 Å². The maximum atomic E-state index is 11.1. The zero-order valence-corrected chi connectivity index (χ0v) is 11.4. The molecule has 0 aliphatic heterocycles. The number of alkyl halides is 2. The molecule has 1 aliphatic carbocycles. The van der Waals surface area contributed by atoms with Crippen molar-refractivity contribution in [1.29, 1.82) is 0 Å². The van der Waals surface area contributed by atoms with Crippen LogP contribution in [0.3, 0.4) is 0 Å². The SMILES string of the molecule is O=[N+]([O-])C1([N+](=O)[O-])C=CC(c2ccccc2)=CC1(Cl)Cl. The summed E-state index contributed by atoms with van der Waals surface area (Å²) >= 11 is 11.8. The van der Waals surface area contributed by atoms with Crippen molar-refractivity contribution in [3.63, 3.8) is 0 Å². The summed E-state index contributed by atoms with van der Waals surface area (Å²) in [6.45, 7) is 0. The molecule has 0 atom stereocenters. The number of hydrogen-bond donors (Lipinski definition) is 0. The van der Waals surface area contributed by atoms with Crippen molar-refractivity contribution in [2.24, 2.45) is 0 Å². The van der Waals surface area contributed by atoms with Crippen LogP contribution in [0.5, 0.6) is 0 Å². The Kier molecular flexibility index (Phi) is 3.54. The zero-order valence-electron chi connectivity index (χ0n) is 9.90. The lowest BCUT2D eigenvalue weighted by Gasteiger charge is -2.26. The fraction of sp³-hybridized carbons (Fsp3) is 0.167. The van der Waals surface area contributed by atoms with Gasteiger partial charge in [0.15, 0.2) is 0 Å². The summed E-state index contributed by atoms with van der Waals surface area (Å²) in [5.74, 6) is 0. The highest BCUT2D eigenvalue weighted by molar-refractivity contribution is 6.51. The van der Waals surface area contributed by atoms with Gasteiger partial charge in [-0.2, -0.15) is 0 Å². The quantitative estimate of drug-likeness (QED) is 0.371. The molecule has 0 spiro atoms. The third-order valence-electron chi connectivity index (χ3n) is 2.99. The second kappa shape index (κ2) is 4.88. The predicted molar refractivity (Wildman–Crippen MR) is 74.7 cm³/mol. The van der Waals surface area contributed by atoms with Gasteiger partial charge in [0.25, 0.3) is 4.33 Å². The van der Waals surface area contributed by atoms with E-state index in [2.05, 4.69) is 0 Å². The Bertz CT molecular complexity index is 612. The Morgan fingerprint density at radius 1 is 1.00 bits per heavy atom. The van der Waals surface area contributed by atoms with Crippen molar-refractivity contribution in [3.05, 3.63) is 74.4 Å². The van der Waals surface area contributed by atoms with Gasteiger partial charge in [0.2, 0.25) is 0 Å². The molecule has 0 aromatic heterocycles. The second-order valence-electron chi connectivity index (χ2n) is 4.16. The first kappa shape index (κ1) is 14.5. The van der Waals surface area contributed by atoms with E-state index in [-0.39, 0.29) is 0 Å². The van der Waals surface area contributed by atoms with Gasteiger partial charge >= 0.3 is 5.66 Å². The first-order valence-electron chi connectivity index (χ1n) is 5.45. The van der Waals surface area contributed by atoms with Crippen LogP contribution in [0.15, 0.2) is 48.6 Å². The van der Waals surface area contributed by atoms with Crippen LogP contribution in [0.2, 0.25) is 0 Å². The van der Waals surface area contributed by atoms with Gasteiger partial charge in [-0.1, -0.05) is 53.5 Å². The fourth-order valence-corrected chi connectivity index (χ4v) is 2.55. The molecule has 104 valence electrons. The van der Waals surface area contributed by atoms with E-state index in [4.69, 9.17) is 23.2 Å². The molecule has 1 aliphatic rings. The Balaban J connectivity index is 2.54. The molecule has 0 bridgehead atoms. The molecule has 0 saturated carbocycles. The number of halogens is 2. The fourth-order valence-electron chi connectivity index (χ4n) is 1.91. The largest absolute Gasteiger partial charge is 0.513 e. The number of rotatable bonds is 3. The van der Waals surface area contributed by atoms with Crippen molar-refractivity contribution in [2.75, 3.05) is 0 Å². The van der Waals surface area contributed by atoms with Gasteiger partial charge in [-0.25, -0.2) is 0 Å². The van der Waals surface area contributed by atoms with Gasteiger partial charge in [0, 0.05) is 0 Å². The van der Waals surface area contributed by atoms with E-state index in [0.29, 0.717) is 11.1 Å². The standard InChI is InChI=1S/C12H8Cl2N2O4/c13-11(14)8-10(9-4-2-1-3-5-9)6-7-12(11,15(17)18)16(19)20/h1-8H. The molecule has 20 heavy (non-hydrogen) atoms. The first-order chi connectivity index (χ1) is 9.31. The van der Waals surface area contributed by atoms with Gasteiger partial charge in [-0.15, -0.1) is 0 Å². The minimum atomic E-state index is -2.80. The summed E-state index contributed by atoms with van der Waals surface area (Å²) < 4.78 is -2.29. The molecule has 8 heteroatoms. The number of allylic oxidation sites excluding steroid dienone is 2. The lowest BCUT2D eigenvalue weighted by atomic mass is 9.93. The van der Waals surface area contributed by atoms with E-state index < -0.39 is 19.8 Å². The molecule has 2 rings (SSSR count). The first-order valence-corrected chi connectivity index (χ1v) is 6.21. The molecule has 0 fully saturated rings. The number of hydrogen-bond acceptors (Lipinski definition) is 4. The molecule has 0 amide bonds. The Morgan fingerprint density at radius 2 is 1.55 bits per heavy atom. The minimum Gasteiger partial charge on any atom is -0.258 e. The third kappa shape index (κ3) is 2.07. The predicted octanol–water partition coefficient (Wildman–Crippen LogP) is 3.06.